The Morgan fingerprint density at radius 3 is 2.25 bits per heavy atom. The van der Waals surface area contributed by atoms with Crippen LogP contribution in [-0.4, -0.2) is 87.3 Å². The molecule has 0 radical (unpaired) electrons. The van der Waals surface area contributed by atoms with Crippen molar-refractivity contribution in [3.8, 4) is 17.2 Å². The van der Waals surface area contributed by atoms with E-state index in [9.17, 15) is 14.7 Å². The van der Waals surface area contributed by atoms with Gasteiger partial charge in [-0.05, 0) is 48.4 Å². The number of rotatable bonds is 8. The van der Waals surface area contributed by atoms with Gasteiger partial charge in [-0.1, -0.05) is 6.07 Å². The van der Waals surface area contributed by atoms with Gasteiger partial charge in [-0.2, -0.15) is 0 Å². The lowest BCUT2D eigenvalue weighted by molar-refractivity contribution is -0.140. The molecule has 0 bridgehead atoms. The fourth-order valence-corrected chi connectivity index (χ4v) is 4.74. The summed E-state index contributed by atoms with van der Waals surface area (Å²) in [5.41, 5.74) is 1.91. The van der Waals surface area contributed by atoms with E-state index in [1.807, 2.05) is 6.92 Å². The monoisotopic (exact) mass is 496 g/mol. The third-order valence-electron chi connectivity index (χ3n) is 6.69. The van der Waals surface area contributed by atoms with Gasteiger partial charge in [-0.15, -0.1) is 0 Å². The average molecular weight is 497 g/mol. The van der Waals surface area contributed by atoms with Crippen molar-refractivity contribution in [3.63, 3.8) is 0 Å². The van der Waals surface area contributed by atoms with Gasteiger partial charge in [0.05, 0.1) is 46.2 Å². The number of aliphatic hydroxyl groups is 1. The summed E-state index contributed by atoms with van der Waals surface area (Å²) in [4.78, 5) is 30.3. The number of aryl methyl sites for hydroxylation is 1. The molecule has 36 heavy (non-hydrogen) atoms. The van der Waals surface area contributed by atoms with Gasteiger partial charge in [0.25, 0.3) is 11.7 Å². The molecule has 192 valence electrons. The Morgan fingerprint density at radius 1 is 0.944 bits per heavy atom. The van der Waals surface area contributed by atoms with Gasteiger partial charge in [0, 0.05) is 31.7 Å². The van der Waals surface area contributed by atoms with E-state index in [1.54, 1.807) is 43.5 Å². The number of likely N-dealkylation sites (tertiary alicyclic amines) is 1. The molecule has 2 heterocycles. The first-order valence-electron chi connectivity index (χ1n) is 11.8. The summed E-state index contributed by atoms with van der Waals surface area (Å²) in [6, 6.07) is 9.61. The van der Waals surface area contributed by atoms with Crippen LogP contribution in [0.1, 0.15) is 22.7 Å². The largest absolute Gasteiger partial charge is 0.507 e. The number of nitrogens with zero attached hydrogens (tertiary/aromatic N) is 2. The van der Waals surface area contributed by atoms with Gasteiger partial charge >= 0.3 is 0 Å². The van der Waals surface area contributed by atoms with Crippen LogP contribution in [0.15, 0.2) is 42.0 Å². The summed E-state index contributed by atoms with van der Waals surface area (Å²) in [6.07, 6.45) is 0. The maximum absolute atomic E-state index is 13.3. The number of aliphatic hydroxyl groups excluding tert-OH is 1. The van der Waals surface area contributed by atoms with Crippen molar-refractivity contribution in [1.29, 1.82) is 0 Å². The third kappa shape index (κ3) is 4.89. The van der Waals surface area contributed by atoms with Gasteiger partial charge in [-0.25, -0.2) is 0 Å². The summed E-state index contributed by atoms with van der Waals surface area (Å²) in [7, 11) is 4.63. The summed E-state index contributed by atoms with van der Waals surface area (Å²) >= 11 is 0. The number of methoxy groups -OCH3 is 3. The molecule has 1 atom stereocenters. The van der Waals surface area contributed by atoms with E-state index in [1.165, 1.54) is 19.1 Å². The zero-order valence-corrected chi connectivity index (χ0v) is 21.1. The normalized spacial score (nSPS) is 20.0. The number of morpholine rings is 1. The second-order valence-electron chi connectivity index (χ2n) is 8.75. The van der Waals surface area contributed by atoms with Crippen LogP contribution in [0.5, 0.6) is 17.2 Å². The highest BCUT2D eigenvalue weighted by molar-refractivity contribution is 6.46. The van der Waals surface area contributed by atoms with Crippen LogP contribution in [0.3, 0.4) is 0 Å². The van der Waals surface area contributed by atoms with Crippen molar-refractivity contribution >= 4 is 17.4 Å². The van der Waals surface area contributed by atoms with Crippen molar-refractivity contribution in [1.82, 2.24) is 9.80 Å². The van der Waals surface area contributed by atoms with Gasteiger partial charge < -0.3 is 29.0 Å². The van der Waals surface area contributed by atoms with Gasteiger partial charge in [0.2, 0.25) is 0 Å². The predicted molar refractivity (Wildman–Crippen MR) is 134 cm³/mol. The Labute approximate surface area is 210 Å². The highest BCUT2D eigenvalue weighted by Crippen LogP contribution is 2.42. The van der Waals surface area contributed by atoms with Crippen molar-refractivity contribution in [2.45, 2.75) is 13.0 Å². The van der Waals surface area contributed by atoms with Gasteiger partial charge in [0.15, 0.2) is 11.5 Å². The molecular formula is C27H32N2O7. The molecule has 4 rings (SSSR count). The fraction of sp³-hybridized carbons (Fsp3) is 0.407. The highest BCUT2D eigenvalue weighted by atomic mass is 16.5. The van der Waals surface area contributed by atoms with Crippen molar-refractivity contribution in [3.05, 3.63) is 58.7 Å². The van der Waals surface area contributed by atoms with Crippen LogP contribution < -0.4 is 14.2 Å². The lowest BCUT2D eigenvalue weighted by Gasteiger charge is -2.31. The zero-order chi connectivity index (χ0) is 25.8. The first-order valence-corrected chi connectivity index (χ1v) is 11.8. The molecule has 9 nitrogen and oxygen atoms in total. The number of hydrogen-bond acceptors (Lipinski definition) is 8. The lowest BCUT2D eigenvalue weighted by atomic mass is 9.94. The SMILES string of the molecule is COc1ccc(/C(O)=C2\C(=O)C(=O)N(CCN3CCOCC3)[C@H]2c2ccc(OC)c(OC)c2)cc1C. The molecule has 0 aromatic heterocycles. The topological polar surface area (TPSA) is 97.8 Å². The van der Waals surface area contributed by atoms with E-state index in [-0.39, 0.29) is 11.3 Å². The van der Waals surface area contributed by atoms with E-state index in [0.29, 0.717) is 54.7 Å². The van der Waals surface area contributed by atoms with E-state index < -0.39 is 17.7 Å². The molecule has 2 fully saturated rings. The quantitative estimate of drug-likeness (QED) is 0.339. The Morgan fingerprint density at radius 2 is 1.61 bits per heavy atom. The van der Waals surface area contributed by atoms with Gasteiger partial charge in [0.1, 0.15) is 11.5 Å². The molecule has 2 aromatic rings. The number of Topliss-reactive ketones (excluding diaryl/α,β-unsaturated/α-hetero) is 1. The standard InChI is InChI=1S/C27H32N2O7/c1-17-15-19(6-7-20(17)33-2)25(30)23-24(18-5-8-21(34-3)22(16-18)35-4)29(27(32)26(23)31)10-9-28-11-13-36-14-12-28/h5-8,15-16,24,30H,9-14H2,1-4H3/b25-23+/t24-/m0/s1. The Hall–Kier alpha value is -3.56. The van der Waals surface area contributed by atoms with Crippen molar-refractivity contribution < 1.29 is 33.6 Å². The molecule has 1 N–H and O–H groups in total. The summed E-state index contributed by atoms with van der Waals surface area (Å²) in [6.45, 7) is 5.54. The van der Waals surface area contributed by atoms with Crippen LogP contribution in [0.4, 0.5) is 0 Å². The molecule has 2 aromatic carbocycles. The lowest BCUT2D eigenvalue weighted by Crippen LogP contribution is -2.42. The van der Waals surface area contributed by atoms with E-state index in [0.717, 1.165) is 18.7 Å². The zero-order valence-electron chi connectivity index (χ0n) is 21.1. The number of ketones is 1. The Bertz CT molecular complexity index is 1170. The first-order chi connectivity index (χ1) is 17.4. The summed E-state index contributed by atoms with van der Waals surface area (Å²) in [5, 5.41) is 11.3. The smallest absolute Gasteiger partial charge is 0.295 e. The van der Waals surface area contributed by atoms with E-state index in [4.69, 9.17) is 18.9 Å². The number of carbonyl (C=O) groups excluding carboxylic acids is 2. The second-order valence-corrected chi connectivity index (χ2v) is 8.75. The molecule has 1 amide bonds. The van der Waals surface area contributed by atoms with E-state index in [2.05, 4.69) is 4.90 Å². The highest BCUT2D eigenvalue weighted by Gasteiger charge is 2.46. The minimum absolute atomic E-state index is 0.0405. The first kappa shape index (κ1) is 25.5. The summed E-state index contributed by atoms with van der Waals surface area (Å²) in [5.74, 6) is 0.0608. The number of hydrogen-bond donors (Lipinski definition) is 1. The fourth-order valence-electron chi connectivity index (χ4n) is 4.74. The number of carbonyl (C=O) groups is 2. The molecule has 2 aliphatic rings. The summed E-state index contributed by atoms with van der Waals surface area (Å²) < 4.78 is 21.6. The molecule has 0 spiro atoms. The molecule has 9 heteroatoms. The minimum atomic E-state index is -0.784. The average Bonchev–Trinajstić information content (AvgIpc) is 3.16. The second kappa shape index (κ2) is 11.0. The van der Waals surface area contributed by atoms with Crippen LogP contribution >= 0.6 is 0 Å². The van der Waals surface area contributed by atoms with E-state index >= 15 is 0 Å². The van der Waals surface area contributed by atoms with Crippen LogP contribution in [-0.2, 0) is 14.3 Å². The predicted octanol–water partition coefficient (Wildman–Crippen LogP) is 2.77. The molecular weight excluding hydrogens is 464 g/mol. The van der Waals surface area contributed by atoms with Crippen molar-refractivity contribution in [2.75, 3.05) is 60.7 Å². The maximum Gasteiger partial charge on any atom is 0.295 e. The molecule has 2 aliphatic heterocycles. The van der Waals surface area contributed by atoms with Crippen molar-refractivity contribution in [2.24, 2.45) is 0 Å². The number of benzene rings is 2. The minimum Gasteiger partial charge on any atom is -0.507 e. The number of amides is 1. The third-order valence-corrected chi connectivity index (χ3v) is 6.69. The Balaban J connectivity index is 1.79. The molecule has 0 saturated carbocycles. The molecule has 0 unspecified atom stereocenters. The number of ether oxygens (including phenoxy) is 4. The molecule has 2 saturated heterocycles. The van der Waals surface area contributed by atoms with Crippen LogP contribution in [0.2, 0.25) is 0 Å². The Kier molecular flexibility index (Phi) is 7.81. The maximum atomic E-state index is 13.3. The van der Waals surface area contributed by atoms with Crippen LogP contribution in [0, 0.1) is 6.92 Å². The molecule has 0 aliphatic carbocycles. The van der Waals surface area contributed by atoms with Crippen LogP contribution in [0.25, 0.3) is 5.76 Å². The van der Waals surface area contributed by atoms with Gasteiger partial charge in [-0.3, -0.25) is 14.5 Å².